The summed E-state index contributed by atoms with van der Waals surface area (Å²) >= 11 is 0. The van der Waals surface area contributed by atoms with Crippen LogP contribution in [0.2, 0.25) is 0 Å². The molecule has 1 fully saturated rings. The molecule has 0 aliphatic carbocycles. The summed E-state index contributed by atoms with van der Waals surface area (Å²) in [5.41, 5.74) is 29.1. The fraction of sp³-hybridized carbons (Fsp3) is 0.699. The van der Waals surface area contributed by atoms with E-state index in [0.717, 1.165) is 0 Å². The van der Waals surface area contributed by atoms with Crippen molar-refractivity contribution in [3.63, 3.8) is 0 Å². The van der Waals surface area contributed by atoms with Crippen molar-refractivity contribution in [2.45, 2.75) is 396 Å². The van der Waals surface area contributed by atoms with E-state index in [9.17, 15) is 57.8 Å². The van der Waals surface area contributed by atoms with Crippen LogP contribution in [0.4, 0.5) is 0 Å². The van der Waals surface area contributed by atoms with Crippen molar-refractivity contribution in [1.82, 2.24) is 99.9 Å². The van der Waals surface area contributed by atoms with Crippen molar-refractivity contribution in [3.8, 4) is 0 Å². The fourth-order valence-corrected chi connectivity index (χ4v) is 17.9. The first kappa shape index (κ1) is 126. The minimum Gasteiger partial charge on any atom is -0.394 e. The highest BCUT2D eigenvalue weighted by molar-refractivity contribution is 6.03. The maximum Gasteiger partial charge on any atom is 0.246 e. The van der Waals surface area contributed by atoms with E-state index < -0.39 is 220 Å². The summed E-state index contributed by atoms with van der Waals surface area (Å²) in [5.74, 6) is -15.0. The fourth-order valence-electron chi connectivity index (χ4n) is 17.9. The Morgan fingerprint density at radius 1 is 0.476 bits per heavy atom. The molecule has 5 rings (SSSR count). The second kappa shape index (κ2) is 64.4. The van der Waals surface area contributed by atoms with Gasteiger partial charge in [-0.1, -0.05) is 116 Å². The number of aromatic amines is 1. The number of primary amides is 1. The van der Waals surface area contributed by atoms with Crippen molar-refractivity contribution in [2.24, 2.45) is 52.2 Å². The summed E-state index contributed by atoms with van der Waals surface area (Å²) in [6, 6.07) is -8.58. The lowest BCUT2D eigenvalue weighted by Gasteiger charge is -2.35. The summed E-state index contributed by atoms with van der Waals surface area (Å²) in [7, 11) is 0. The summed E-state index contributed by atoms with van der Waals surface area (Å²) in [6.07, 6.45) is 16.3. The zero-order valence-electron chi connectivity index (χ0n) is 88.5. The van der Waals surface area contributed by atoms with Crippen molar-refractivity contribution in [2.75, 3.05) is 45.9 Å². The Morgan fingerprint density at radius 3 is 1.46 bits per heavy atom. The van der Waals surface area contributed by atoms with Gasteiger partial charge in [-0.15, -0.1) is 0 Å². The number of nitrogens with one attached hydrogen (secondary N) is 17. The van der Waals surface area contributed by atoms with Gasteiger partial charge in [-0.3, -0.25) is 86.3 Å². The van der Waals surface area contributed by atoms with E-state index in [4.69, 9.17) is 34.4 Å². The number of carbonyl (C=O) groups excluding carboxylic acids is 18. The lowest BCUT2D eigenvalue weighted by Crippen LogP contribution is -2.65. The topological polar surface area (TPSA) is 708 Å². The van der Waals surface area contributed by atoms with Crippen molar-refractivity contribution in [3.05, 3.63) is 78.4 Å². The van der Waals surface area contributed by atoms with E-state index in [0.29, 0.717) is 94.9 Å². The quantitative estimate of drug-likeness (QED) is 0.0312. The predicted octanol–water partition coefficient (Wildman–Crippen LogP) is 0.235. The number of allylic oxidation sites excluding steroid dienone is 4. The number of hydrogen-bond acceptors (Lipinski definition) is 25. The van der Waals surface area contributed by atoms with Gasteiger partial charge in [-0.2, -0.15) is 0 Å². The number of nitrogens with two attached hydrogens (primary N) is 6. The van der Waals surface area contributed by atoms with Crippen LogP contribution in [0, 0.1) is 17.8 Å². The highest BCUT2D eigenvalue weighted by atomic mass is 16.3. The van der Waals surface area contributed by atoms with E-state index in [-0.39, 0.29) is 179 Å². The van der Waals surface area contributed by atoms with Gasteiger partial charge in [0, 0.05) is 31.3 Å². The normalized spacial score (nSPS) is 24.6. The number of nitrogens with zero attached hydrogens (tertiary/aromatic N) is 2. The Morgan fingerprint density at radius 2 is 0.939 bits per heavy atom. The third-order valence-electron chi connectivity index (χ3n) is 26.8. The van der Waals surface area contributed by atoms with E-state index in [1.807, 2.05) is 45.1 Å². The number of likely N-dealkylation sites (tertiary alicyclic amines) is 1. The third kappa shape index (κ3) is 42.7. The van der Waals surface area contributed by atoms with E-state index >= 15 is 33.6 Å². The second-order valence-corrected chi connectivity index (χ2v) is 41.4. The molecule has 0 radical (unpaired) electrons. The molecule has 30 N–H and O–H groups in total. The molecule has 17 atom stereocenters. The largest absolute Gasteiger partial charge is 0.394 e. The molecule has 0 saturated carbocycles. The number of aliphatic hydroxyl groups is 1. The van der Waals surface area contributed by atoms with Crippen molar-refractivity contribution >= 4 is 106 Å². The van der Waals surface area contributed by atoms with Gasteiger partial charge in [-0.05, 0) is 270 Å². The molecule has 44 nitrogen and oxygen atoms in total. The van der Waals surface area contributed by atoms with Crippen molar-refractivity contribution in [1.29, 1.82) is 0 Å². The number of carbonyl (C=O) groups is 18. The summed E-state index contributed by atoms with van der Waals surface area (Å²) in [5, 5.41) is 55.6. The van der Waals surface area contributed by atoms with Crippen LogP contribution < -0.4 is 119 Å². The summed E-state index contributed by atoms with van der Waals surface area (Å²) in [6.45, 7) is 19.4. The zero-order valence-corrected chi connectivity index (χ0v) is 88.5. The van der Waals surface area contributed by atoms with E-state index in [1.165, 1.54) is 52.0 Å². The van der Waals surface area contributed by atoms with Gasteiger partial charge in [0.15, 0.2) is 0 Å². The molecule has 3 aliphatic rings. The van der Waals surface area contributed by atoms with Gasteiger partial charge in [0.25, 0.3) is 0 Å². The SMILES string of the molecule is CCCC[C@@H]1NC(=O)[C@@](C)(NC(=O)[C@H](CCCCN)NC(=O)[C@@H]2CCCN2C(=O)[C@H](CC(C)C)NC(=O)[C@]2(C)CCC/C=C\CCC[C@](C)(NC(=O)[C@H](CO)NC(=O)[C@H](CC(C)C)NC(=O)[C@H](Cc3ccccc3)NC(=O)CN)C(=O)N[C@@H](CC(C)C)C(=O)N[C@@H](CCCN)C(=O)N[C@@H](CCCCN)C(=O)N2)CCC/C=C\CCC[C@@](C)(C(=O)N[C@@H](CCCCN)C(N)=O)NC(=O)[C@H](Cc2cnc[nH]2)NC(=O)[C@H](C)NC1=O. The number of hydrogen-bond donors (Lipinski definition) is 24. The number of aliphatic hydroxyl groups excluding tert-OH is 1. The average molecular weight is 2070 g/mol. The number of rotatable bonds is 47. The lowest BCUT2D eigenvalue weighted by atomic mass is 9.91. The number of benzene rings is 1. The Balaban J connectivity index is 1.49. The first-order chi connectivity index (χ1) is 69.8. The van der Waals surface area contributed by atoms with Crippen molar-refractivity contribution < 1.29 is 91.4 Å². The van der Waals surface area contributed by atoms with Crippen LogP contribution in [0.5, 0.6) is 0 Å². The van der Waals surface area contributed by atoms with Crippen LogP contribution in [0.1, 0.15) is 293 Å². The molecule has 824 valence electrons. The molecular formula is C103H173N25O19. The first-order valence-corrected chi connectivity index (χ1v) is 52.7. The average Bonchev–Trinajstić information content (AvgIpc) is 1.48. The van der Waals surface area contributed by atoms with Crippen LogP contribution in [-0.4, -0.2) is 273 Å². The van der Waals surface area contributed by atoms with Gasteiger partial charge in [0.05, 0.1) is 19.5 Å². The molecular weight excluding hydrogens is 1890 g/mol. The molecule has 0 spiro atoms. The number of unbranched alkanes of at least 4 members (excludes halogenated alkanes) is 4. The second-order valence-electron chi connectivity index (χ2n) is 41.4. The molecule has 18 amide bonds. The zero-order chi connectivity index (χ0) is 109. The molecule has 4 heterocycles. The molecule has 2 aromatic rings. The number of aromatic nitrogens is 2. The molecule has 1 aromatic carbocycles. The first-order valence-electron chi connectivity index (χ1n) is 52.7. The molecule has 1 saturated heterocycles. The van der Waals surface area contributed by atoms with Gasteiger partial charge in [0.2, 0.25) is 106 Å². The predicted molar refractivity (Wildman–Crippen MR) is 556 cm³/mol. The van der Waals surface area contributed by atoms with Gasteiger partial charge >= 0.3 is 0 Å². The number of amides is 18. The molecule has 3 aliphatic heterocycles. The van der Waals surface area contributed by atoms with Gasteiger partial charge < -0.3 is 134 Å². The van der Waals surface area contributed by atoms with Crippen LogP contribution in [-0.2, 0) is 99.1 Å². The Bertz CT molecular complexity index is 4660. The highest BCUT2D eigenvalue weighted by Gasteiger charge is 2.48. The molecule has 44 heteroatoms. The highest BCUT2D eigenvalue weighted by Crippen LogP contribution is 2.28. The molecule has 0 bridgehead atoms. The molecule has 1 aromatic heterocycles. The molecule has 0 unspecified atom stereocenters. The molecule has 147 heavy (non-hydrogen) atoms. The van der Waals surface area contributed by atoms with Gasteiger partial charge in [-0.25, -0.2) is 4.98 Å². The minimum atomic E-state index is -1.90. The number of H-pyrrole nitrogens is 1. The van der Waals surface area contributed by atoms with Crippen LogP contribution >= 0.6 is 0 Å². The summed E-state index contributed by atoms with van der Waals surface area (Å²) in [4.78, 5) is 272. The monoisotopic (exact) mass is 2060 g/mol. The van der Waals surface area contributed by atoms with Gasteiger partial charge in [0.1, 0.15) is 101 Å². The smallest absolute Gasteiger partial charge is 0.246 e. The standard InChI is InChI=1S/C103H173N25O19/c1-13-14-40-72-85(133)112-67(8)84(132)117-78(59-69-61-110-63-111-69)92(140)126-100(9,96(144)120-70(83(109)131)41-26-33-50-104)46-29-19-15-16-20-30-47-101(10,97(145)121-72)125-91(139)74(43-28-35-52-106)116-94(142)81-45-37-54-128(81)95(143)79(57-66(6)7)123-99(147)103(12)49-32-22-18-17-21-31-48-102(11,98(146)122-76(56-65(4)5)88(136)114-71(44-36-53-107)86(134)115-73(90(138)124-103)42-27-34-51-105)127-93(141)80(62-129)119-87(135)75(55-64(2)3)118-89(137)77(113-82(130)60-108)58-68-38-24-23-25-39-68/h15-18,23-25,38-39,61,63-67,70-81,129H,13-14,19-22,26-37,40-60,62,104-108H2,1-12H3,(H2,109,131)(H,110,111)(H,112,133)(H,113,130)(H,114,136)(H,115,134)(H,116,142)(H,117,132)(H,118,137)(H,119,135)(H,120,144)(H,121,145)(H,122,146)(H,123,147)(H,124,138)(H,125,139)(H,126,140)(H,127,141)/b16-15-,18-17-/t67-,70-,71-,72-,73-,74-,75-,76-,77-,78-,79-,80-,81-,100-,101-,102-,103-/m0/s1. The summed E-state index contributed by atoms with van der Waals surface area (Å²) < 4.78 is 0. The Labute approximate surface area is 865 Å². The van der Waals surface area contributed by atoms with Crippen LogP contribution in [0.25, 0.3) is 0 Å². The van der Waals surface area contributed by atoms with Crippen LogP contribution in [0.3, 0.4) is 0 Å². The Hall–Kier alpha value is -11.9. The third-order valence-corrected chi connectivity index (χ3v) is 26.8. The maximum atomic E-state index is 15.7. The van der Waals surface area contributed by atoms with E-state index in [1.54, 1.807) is 58.0 Å². The van der Waals surface area contributed by atoms with Crippen LogP contribution in [0.15, 0.2) is 67.2 Å². The maximum absolute atomic E-state index is 15.7. The number of imidazole rings is 1. The lowest BCUT2D eigenvalue weighted by molar-refractivity contribution is -0.144. The van der Waals surface area contributed by atoms with E-state index in [2.05, 4.69) is 95.0 Å². The Kier molecular flexibility index (Phi) is 55.0. The minimum absolute atomic E-state index is 0.000155.